The molecule has 0 fully saturated rings. The molecule has 27 heavy (non-hydrogen) atoms. The average Bonchev–Trinajstić information content (AvgIpc) is 2.67. The van der Waals surface area contributed by atoms with Crippen molar-refractivity contribution in [3.8, 4) is 5.75 Å². The maximum absolute atomic E-state index is 12.5. The average molecular weight is 372 g/mol. The third kappa shape index (κ3) is 4.81. The number of hydrogen-bond donors (Lipinski definition) is 1. The number of Topliss-reactive ketones (excluding diaryl/α,β-unsaturated/α-hetero) is 1. The van der Waals surface area contributed by atoms with Crippen LogP contribution in [0.4, 0.5) is 11.4 Å². The second-order valence-corrected chi connectivity index (χ2v) is 5.61. The van der Waals surface area contributed by atoms with Gasteiger partial charge in [-0.15, -0.1) is 0 Å². The largest absolute Gasteiger partial charge is 0.494 e. The Labute approximate surface area is 156 Å². The molecule has 0 unspecified atom stereocenters. The van der Waals surface area contributed by atoms with Gasteiger partial charge in [-0.25, -0.2) is 4.79 Å². The fraction of sp³-hybridized carbons (Fsp3) is 0.263. The number of nitrogens with one attached hydrogen (secondary N) is 1. The number of anilines is 1. The van der Waals surface area contributed by atoms with E-state index in [1.807, 2.05) is 6.92 Å². The molecular formula is C19H20N2O6. The van der Waals surface area contributed by atoms with Gasteiger partial charge in [0.15, 0.2) is 6.10 Å². The number of esters is 1. The second kappa shape index (κ2) is 8.79. The Morgan fingerprint density at radius 1 is 1.19 bits per heavy atom. The molecule has 1 N–H and O–H groups in total. The van der Waals surface area contributed by atoms with E-state index in [0.29, 0.717) is 23.6 Å². The summed E-state index contributed by atoms with van der Waals surface area (Å²) in [7, 11) is 1.58. The van der Waals surface area contributed by atoms with E-state index < -0.39 is 17.0 Å². The van der Waals surface area contributed by atoms with Crippen molar-refractivity contribution in [1.82, 2.24) is 0 Å². The van der Waals surface area contributed by atoms with Gasteiger partial charge in [0.05, 0.1) is 17.1 Å². The molecule has 0 bridgehead atoms. The number of non-ortho nitro benzene ring substituents is 1. The molecule has 8 heteroatoms. The zero-order chi connectivity index (χ0) is 20.0. The van der Waals surface area contributed by atoms with E-state index in [4.69, 9.17) is 9.47 Å². The van der Waals surface area contributed by atoms with Crippen molar-refractivity contribution in [3.63, 3.8) is 0 Å². The molecule has 2 aromatic rings. The van der Waals surface area contributed by atoms with Gasteiger partial charge in [0.1, 0.15) is 5.75 Å². The number of hydrogen-bond acceptors (Lipinski definition) is 7. The normalized spacial score (nSPS) is 11.4. The minimum atomic E-state index is -1.06. The molecule has 0 aliphatic carbocycles. The van der Waals surface area contributed by atoms with Crippen LogP contribution >= 0.6 is 0 Å². The van der Waals surface area contributed by atoms with Gasteiger partial charge in [-0.1, -0.05) is 0 Å². The first-order chi connectivity index (χ1) is 12.9. The molecule has 142 valence electrons. The monoisotopic (exact) mass is 372 g/mol. The number of benzene rings is 2. The Hall–Kier alpha value is -3.42. The van der Waals surface area contributed by atoms with Gasteiger partial charge in [0, 0.05) is 30.4 Å². The highest BCUT2D eigenvalue weighted by molar-refractivity contribution is 6.02. The van der Waals surface area contributed by atoms with E-state index in [0.717, 1.165) is 6.07 Å². The summed E-state index contributed by atoms with van der Waals surface area (Å²) in [6, 6.07) is 10.3. The third-order valence-electron chi connectivity index (χ3n) is 3.81. The van der Waals surface area contributed by atoms with Crippen molar-refractivity contribution < 1.29 is 24.0 Å². The topological polar surface area (TPSA) is 108 Å². The van der Waals surface area contributed by atoms with E-state index in [2.05, 4.69) is 5.32 Å². The highest BCUT2D eigenvalue weighted by Crippen LogP contribution is 2.23. The van der Waals surface area contributed by atoms with Crippen LogP contribution in [0.25, 0.3) is 0 Å². The highest BCUT2D eigenvalue weighted by Gasteiger charge is 2.23. The minimum Gasteiger partial charge on any atom is -0.494 e. The zero-order valence-corrected chi connectivity index (χ0v) is 15.2. The summed E-state index contributed by atoms with van der Waals surface area (Å²) in [5.41, 5.74) is 0.474. The van der Waals surface area contributed by atoms with Crippen LogP contribution in [0.15, 0.2) is 42.5 Å². The molecule has 0 heterocycles. The van der Waals surface area contributed by atoms with Gasteiger partial charge in [-0.2, -0.15) is 0 Å². The van der Waals surface area contributed by atoms with Gasteiger partial charge in [0.25, 0.3) is 5.69 Å². The molecule has 0 saturated carbocycles. The van der Waals surface area contributed by atoms with Crippen LogP contribution < -0.4 is 10.1 Å². The summed E-state index contributed by atoms with van der Waals surface area (Å²) in [6.07, 6.45) is -1.06. The number of carbonyl (C=O) groups is 2. The molecule has 1 atom stereocenters. The quantitative estimate of drug-likeness (QED) is 0.327. The first-order valence-corrected chi connectivity index (χ1v) is 8.31. The van der Waals surface area contributed by atoms with Crippen molar-refractivity contribution in [2.45, 2.75) is 20.0 Å². The maximum atomic E-state index is 12.5. The summed E-state index contributed by atoms with van der Waals surface area (Å²) < 4.78 is 10.5. The molecular weight excluding hydrogens is 352 g/mol. The van der Waals surface area contributed by atoms with Crippen molar-refractivity contribution >= 4 is 23.1 Å². The smallest absolute Gasteiger partial charge is 0.341 e. The van der Waals surface area contributed by atoms with Crippen LogP contribution in [0.1, 0.15) is 34.6 Å². The highest BCUT2D eigenvalue weighted by atomic mass is 16.6. The molecule has 0 aliphatic heterocycles. The van der Waals surface area contributed by atoms with Crippen LogP contribution in [-0.4, -0.2) is 36.4 Å². The summed E-state index contributed by atoms with van der Waals surface area (Å²) in [5, 5.41) is 13.7. The number of nitro groups is 1. The number of carbonyl (C=O) groups excluding carboxylic acids is 2. The fourth-order valence-electron chi connectivity index (χ4n) is 2.43. The second-order valence-electron chi connectivity index (χ2n) is 5.61. The molecule has 0 saturated heterocycles. The van der Waals surface area contributed by atoms with E-state index >= 15 is 0 Å². The van der Waals surface area contributed by atoms with E-state index in [1.165, 1.54) is 19.1 Å². The van der Waals surface area contributed by atoms with Crippen LogP contribution in [0, 0.1) is 10.1 Å². The van der Waals surface area contributed by atoms with Gasteiger partial charge in [0.2, 0.25) is 5.78 Å². The van der Waals surface area contributed by atoms with Crippen LogP contribution in [-0.2, 0) is 4.74 Å². The van der Waals surface area contributed by atoms with Gasteiger partial charge >= 0.3 is 5.97 Å². The summed E-state index contributed by atoms with van der Waals surface area (Å²) in [4.78, 5) is 35.2. The van der Waals surface area contributed by atoms with Gasteiger partial charge in [-0.05, 0) is 44.2 Å². The predicted octanol–water partition coefficient (Wildman–Crippen LogP) is 3.46. The summed E-state index contributed by atoms with van der Waals surface area (Å²) >= 11 is 0. The van der Waals surface area contributed by atoms with Crippen molar-refractivity contribution in [3.05, 3.63) is 63.7 Å². The Kier molecular flexibility index (Phi) is 6.48. The number of nitrogens with zero attached hydrogens (tertiary/aromatic N) is 1. The van der Waals surface area contributed by atoms with Gasteiger partial charge < -0.3 is 14.8 Å². The summed E-state index contributed by atoms with van der Waals surface area (Å²) in [5.74, 6) is -0.577. The first kappa shape index (κ1) is 19.9. The Morgan fingerprint density at radius 3 is 2.41 bits per heavy atom. The third-order valence-corrected chi connectivity index (χ3v) is 3.81. The number of nitro benzene ring substituents is 1. The maximum Gasteiger partial charge on any atom is 0.341 e. The lowest BCUT2D eigenvalue weighted by Crippen LogP contribution is -2.25. The SMILES string of the molecule is CCOc1ccc(C(=O)[C@H](C)OC(=O)c2cc([N+](=O)[O-])ccc2NC)cc1. The molecule has 8 nitrogen and oxygen atoms in total. The van der Waals surface area contributed by atoms with Gasteiger partial charge in [-0.3, -0.25) is 14.9 Å². The number of ether oxygens (including phenoxy) is 2. The number of rotatable bonds is 8. The molecule has 0 aromatic heterocycles. The Morgan fingerprint density at radius 2 is 1.85 bits per heavy atom. The van der Waals surface area contributed by atoms with E-state index in [9.17, 15) is 19.7 Å². The van der Waals surface area contributed by atoms with Crippen LogP contribution in [0.2, 0.25) is 0 Å². The Bertz CT molecular complexity index is 848. The molecule has 0 amide bonds. The van der Waals surface area contributed by atoms with Crippen LogP contribution in [0.3, 0.4) is 0 Å². The molecule has 0 spiro atoms. The van der Waals surface area contributed by atoms with Crippen molar-refractivity contribution in [1.29, 1.82) is 0 Å². The summed E-state index contributed by atoms with van der Waals surface area (Å²) in [6.45, 7) is 3.82. The Balaban J connectivity index is 2.15. The fourth-order valence-corrected chi connectivity index (χ4v) is 2.43. The lowest BCUT2D eigenvalue weighted by Gasteiger charge is -2.14. The first-order valence-electron chi connectivity index (χ1n) is 8.31. The predicted molar refractivity (Wildman–Crippen MR) is 99.5 cm³/mol. The lowest BCUT2D eigenvalue weighted by molar-refractivity contribution is -0.384. The van der Waals surface area contributed by atoms with Crippen molar-refractivity contribution in [2.75, 3.05) is 19.0 Å². The molecule has 2 aromatic carbocycles. The van der Waals surface area contributed by atoms with Crippen LogP contribution in [0.5, 0.6) is 5.75 Å². The minimum absolute atomic E-state index is 0.0157. The number of ketones is 1. The molecule has 0 radical (unpaired) electrons. The van der Waals surface area contributed by atoms with E-state index in [-0.39, 0.29) is 17.0 Å². The van der Waals surface area contributed by atoms with E-state index in [1.54, 1.807) is 31.3 Å². The standard InChI is InChI=1S/C19H20N2O6/c1-4-26-15-8-5-13(6-9-15)18(22)12(2)27-19(23)16-11-14(21(24)25)7-10-17(16)20-3/h5-12,20H,4H2,1-3H3/t12-/m0/s1. The zero-order valence-electron chi connectivity index (χ0n) is 15.2. The van der Waals surface area contributed by atoms with Crippen molar-refractivity contribution in [2.24, 2.45) is 0 Å². The molecule has 0 aliphatic rings. The lowest BCUT2D eigenvalue weighted by atomic mass is 10.1. The molecule has 2 rings (SSSR count).